The fourth-order valence-corrected chi connectivity index (χ4v) is 7.86. The SMILES string of the molecule is N#C[C@@]1(CC2OCC[C@@H]2OC(=O)O[C@H]2CCOC2C[C@]2(C#N)O[C@@H](c3ccc4c(N)ncnn34)[C@H](O)[C@@H]2O)O[C@@H](c2ccc3c(N)ncnn23)[C@H](O)[C@@H]1O. The van der Waals surface area contributed by atoms with Crippen LogP contribution in [0, 0.1) is 22.7 Å². The number of hydrogen-bond donors (Lipinski definition) is 6. The molecule has 0 radical (unpaired) electrons. The molecule has 8 rings (SSSR count). The minimum atomic E-state index is -1.96. The molecule has 4 aromatic heterocycles. The van der Waals surface area contributed by atoms with Gasteiger partial charge in [0.1, 0.15) is 84.7 Å². The second-order valence-electron chi connectivity index (χ2n) is 13.7. The monoisotopic (exact) mass is 748 g/mol. The lowest BCUT2D eigenvalue weighted by atomic mass is 9.88. The van der Waals surface area contributed by atoms with Crippen LogP contribution in [0.1, 0.15) is 49.3 Å². The van der Waals surface area contributed by atoms with Crippen LogP contribution in [0.2, 0.25) is 0 Å². The van der Waals surface area contributed by atoms with Gasteiger partial charge in [0.25, 0.3) is 0 Å². The summed E-state index contributed by atoms with van der Waals surface area (Å²) in [4.78, 5) is 21.1. The van der Waals surface area contributed by atoms with Crippen LogP contribution in [-0.4, -0.2) is 129 Å². The van der Waals surface area contributed by atoms with Gasteiger partial charge in [-0.2, -0.15) is 20.7 Å². The van der Waals surface area contributed by atoms with Crippen molar-refractivity contribution in [1.29, 1.82) is 10.5 Å². The Bertz CT molecular complexity index is 2010. The third kappa shape index (κ3) is 5.73. The molecular weight excluding hydrogens is 712 g/mol. The van der Waals surface area contributed by atoms with E-state index in [-0.39, 0.29) is 50.5 Å². The number of anilines is 2. The van der Waals surface area contributed by atoms with Crippen molar-refractivity contribution in [2.45, 2.75) is 97.9 Å². The molecule has 0 aliphatic carbocycles. The number of aliphatic hydroxyl groups excluding tert-OH is 4. The highest BCUT2D eigenvalue weighted by molar-refractivity contribution is 5.66. The third-order valence-corrected chi connectivity index (χ3v) is 10.7. The molecule has 4 aliphatic heterocycles. The first-order valence-corrected chi connectivity index (χ1v) is 17.2. The molecule has 54 heavy (non-hydrogen) atoms. The van der Waals surface area contributed by atoms with Gasteiger partial charge in [-0.3, -0.25) is 0 Å². The van der Waals surface area contributed by atoms with Crippen LogP contribution in [0.25, 0.3) is 11.0 Å². The first-order valence-electron chi connectivity index (χ1n) is 17.2. The van der Waals surface area contributed by atoms with E-state index < -0.39 is 78.4 Å². The lowest BCUT2D eigenvalue weighted by molar-refractivity contribution is -0.102. The van der Waals surface area contributed by atoms with Crippen LogP contribution in [0.3, 0.4) is 0 Å². The van der Waals surface area contributed by atoms with E-state index in [9.17, 15) is 35.7 Å². The van der Waals surface area contributed by atoms with Gasteiger partial charge < -0.3 is 60.3 Å². The summed E-state index contributed by atoms with van der Waals surface area (Å²) in [6.45, 7) is 0.305. The number of nitriles is 2. The Hall–Kier alpha value is -5.23. The van der Waals surface area contributed by atoms with Gasteiger partial charge in [-0.15, -0.1) is 0 Å². The lowest BCUT2D eigenvalue weighted by Crippen LogP contribution is -2.47. The highest BCUT2D eigenvalue weighted by atomic mass is 16.7. The summed E-state index contributed by atoms with van der Waals surface area (Å²) in [5.41, 5.74) is 9.50. The molecule has 0 spiro atoms. The Labute approximate surface area is 305 Å². The summed E-state index contributed by atoms with van der Waals surface area (Å²) < 4.78 is 37.9. The number of hydrogen-bond acceptors (Lipinski definition) is 19. The molecule has 12 atom stereocenters. The van der Waals surface area contributed by atoms with E-state index in [4.69, 9.17) is 39.9 Å². The molecule has 4 aliphatic rings. The molecule has 4 aromatic rings. The standard InChI is InChI=1S/C33H36N10O11/c34-11-32(27(46)23(44)25(53-32)15-1-3-17-29(36)38-13-40-42(15)17)9-21-19(5-7-49-21)51-31(48)52-20-6-8-50-22(20)10-33(12-35)28(47)24(45)26(54-33)16-2-4-18-30(37)39-14-41-43(16)18/h1-4,13-14,19-28,44-47H,5-10H2,(H2,36,38,40)(H2,37,39,41)/t19-,20-,21?,22?,23-,24-,25-,26-,27-,28-,32+,33+/m0/s1. The normalized spacial score (nSPS) is 36.4. The van der Waals surface area contributed by atoms with E-state index in [0.717, 1.165) is 0 Å². The number of rotatable bonds is 8. The summed E-state index contributed by atoms with van der Waals surface area (Å²) in [5.74, 6) is 0.367. The summed E-state index contributed by atoms with van der Waals surface area (Å²) in [6.07, 6.45) is -11.2. The van der Waals surface area contributed by atoms with Crippen molar-refractivity contribution < 1.29 is 53.6 Å². The van der Waals surface area contributed by atoms with Gasteiger partial charge in [0.05, 0.1) is 36.8 Å². The topological polar surface area (TPSA) is 313 Å². The maximum atomic E-state index is 13.2. The van der Waals surface area contributed by atoms with E-state index in [1.165, 1.54) is 21.7 Å². The van der Waals surface area contributed by atoms with Crippen LogP contribution < -0.4 is 11.5 Å². The number of fused-ring (bicyclic) bond motifs is 2. The van der Waals surface area contributed by atoms with Crippen LogP contribution >= 0.6 is 0 Å². The molecule has 4 saturated heterocycles. The number of carbonyl (C=O) groups excluding carboxylic acids is 1. The van der Waals surface area contributed by atoms with Gasteiger partial charge in [0, 0.05) is 25.7 Å². The second-order valence-corrected chi connectivity index (χ2v) is 13.7. The quantitative estimate of drug-likeness (QED) is 0.118. The molecule has 8 heterocycles. The molecule has 284 valence electrons. The summed E-state index contributed by atoms with van der Waals surface area (Å²) >= 11 is 0. The molecule has 2 unspecified atom stereocenters. The average molecular weight is 749 g/mol. The van der Waals surface area contributed by atoms with Gasteiger partial charge >= 0.3 is 6.16 Å². The van der Waals surface area contributed by atoms with E-state index in [2.05, 4.69) is 20.2 Å². The number of aromatic nitrogens is 6. The number of nitrogens with zero attached hydrogens (tertiary/aromatic N) is 8. The summed E-state index contributed by atoms with van der Waals surface area (Å²) in [6, 6.07) is 10.4. The molecule has 0 bridgehead atoms. The van der Waals surface area contributed by atoms with Crippen LogP contribution in [0.15, 0.2) is 36.9 Å². The minimum absolute atomic E-state index is 0.153. The average Bonchev–Trinajstić information content (AvgIpc) is 4.03. The molecule has 4 fully saturated rings. The first kappa shape index (κ1) is 35.8. The zero-order valence-corrected chi connectivity index (χ0v) is 28.4. The van der Waals surface area contributed by atoms with Gasteiger partial charge in [-0.05, 0) is 24.3 Å². The lowest BCUT2D eigenvalue weighted by Gasteiger charge is -2.30. The Kier molecular flexibility index (Phi) is 8.99. The first-order chi connectivity index (χ1) is 26.0. The van der Waals surface area contributed by atoms with Crippen LogP contribution in [0.4, 0.5) is 16.4 Å². The zero-order chi connectivity index (χ0) is 37.9. The zero-order valence-electron chi connectivity index (χ0n) is 28.4. The largest absolute Gasteiger partial charge is 0.509 e. The van der Waals surface area contributed by atoms with E-state index in [0.29, 0.717) is 22.4 Å². The maximum absolute atomic E-state index is 13.2. The van der Waals surface area contributed by atoms with Crippen LogP contribution in [-0.2, 0) is 28.4 Å². The Morgan fingerprint density at radius 3 is 1.61 bits per heavy atom. The van der Waals surface area contributed by atoms with E-state index >= 15 is 0 Å². The van der Waals surface area contributed by atoms with Crippen molar-refractivity contribution in [3.05, 3.63) is 48.3 Å². The van der Waals surface area contributed by atoms with Crippen LogP contribution in [0.5, 0.6) is 0 Å². The van der Waals surface area contributed by atoms with E-state index in [1.807, 2.05) is 12.1 Å². The van der Waals surface area contributed by atoms with Crippen molar-refractivity contribution in [1.82, 2.24) is 29.2 Å². The molecule has 0 amide bonds. The molecule has 21 nitrogen and oxygen atoms in total. The molecule has 21 heteroatoms. The van der Waals surface area contributed by atoms with E-state index in [1.54, 1.807) is 24.3 Å². The predicted octanol–water partition coefficient (Wildman–Crippen LogP) is -1.00. The van der Waals surface area contributed by atoms with Gasteiger partial charge in [0.2, 0.25) is 0 Å². The number of carbonyl (C=O) groups is 1. The summed E-state index contributed by atoms with van der Waals surface area (Å²) in [7, 11) is 0. The van der Waals surface area contributed by atoms with Gasteiger partial charge in [-0.1, -0.05) is 0 Å². The number of aliphatic hydroxyl groups is 4. The van der Waals surface area contributed by atoms with Crippen molar-refractivity contribution in [2.75, 3.05) is 24.7 Å². The van der Waals surface area contributed by atoms with Crippen molar-refractivity contribution in [3.63, 3.8) is 0 Å². The Morgan fingerprint density at radius 2 is 1.20 bits per heavy atom. The smallest absolute Gasteiger partial charge is 0.428 e. The number of nitrogens with two attached hydrogens (primary N) is 2. The molecule has 8 N–H and O–H groups in total. The highest BCUT2D eigenvalue weighted by Gasteiger charge is 2.59. The molecule has 0 saturated carbocycles. The third-order valence-electron chi connectivity index (χ3n) is 10.7. The Balaban J connectivity index is 0.923. The molecule has 0 aromatic carbocycles. The minimum Gasteiger partial charge on any atom is -0.428 e. The predicted molar refractivity (Wildman–Crippen MR) is 176 cm³/mol. The number of nitrogen functional groups attached to an aromatic ring is 2. The maximum Gasteiger partial charge on any atom is 0.509 e. The second kappa shape index (κ2) is 13.6. The van der Waals surface area contributed by atoms with Crippen molar-refractivity contribution in [3.8, 4) is 12.1 Å². The van der Waals surface area contributed by atoms with Crippen molar-refractivity contribution in [2.24, 2.45) is 0 Å². The summed E-state index contributed by atoms with van der Waals surface area (Å²) in [5, 5.41) is 73.2. The van der Waals surface area contributed by atoms with Crippen molar-refractivity contribution >= 4 is 28.8 Å². The van der Waals surface area contributed by atoms with Gasteiger partial charge in [0.15, 0.2) is 22.8 Å². The molecular formula is C33H36N10O11. The van der Waals surface area contributed by atoms with Gasteiger partial charge in [-0.25, -0.2) is 23.8 Å². The number of ether oxygens (including phenoxy) is 6. The highest BCUT2D eigenvalue weighted by Crippen LogP contribution is 2.46. The fourth-order valence-electron chi connectivity index (χ4n) is 7.86. The Morgan fingerprint density at radius 1 is 0.778 bits per heavy atom. The fraction of sp³-hybridized carbons (Fsp3) is 0.545.